The number of aromatic hydroxyl groups is 1. The van der Waals surface area contributed by atoms with Crippen molar-refractivity contribution in [2.75, 3.05) is 0 Å². The first-order valence-electron chi connectivity index (χ1n) is 4.26. The first kappa shape index (κ1) is 10.5. The molecule has 2 nitrogen and oxygen atoms in total. The molecule has 0 aliphatic carbocycles. The molecule has 13 heavy (non-hydrogen) atoms. The van der Waals surface area contributed by atoms with Gasteiger partial charge in [0.05, 0.1) is 4.47 Å². The lowest BCUT2D eigenvalue weighted by atomic mass is 9.90. The summed E-state index contributed by atoms with van der Waals surface area (Å²) in [6, 6.07) is 5.52. The summed E-state index contributed by atoms with van der Waals surface area (Å²) in [5.74, 6) is 0.245. The Morgan fingerprint density at radius 3 is 2.69 bits per heavy atom. The van der Waals surface area contributed by atoms with Gasteiger partial charge in [0.2, 0.25) is 0 Å². The number of para-hydroxylation sites is 1. The average Bonchev–Trinajstić information content (AvgIpc) is 2.09. The molecule has 1 aromatic carbocycles. The molecule has 72 valence electrons. The highest BCUT2D eigenvalue weighted by atomic mass is 79.9. The van der Waals surface area contributed by atoms with E-state index in [4.69, 9.17) is 5.73 Å². The fourth-order valence-corrected chi connectivity index (χ4v) is 1.53. The first-order valence-corrected chi connectivity index (χ1v) is 5.05. The first-order chi connectivity index (χ1) is 5.99. The van der Waals surface area contributed by atoms with E-state index >= 15 is 0 Å². The van der Waals surface area contributed by atoms with E-state index in [-0.39, 0.29) is 5.75 Å². The van der Waals surface area contributed by atoms with Crippen LogP contribution in [0, 0.1) is 0 Å². The molecule has 0 aliphatic heterocycles. The molecule has 3 N–H and O–H groups in total. The summed E-state index contributed by atoms with van der Waals surface area (Å²) in [5.41, 5.74) is 6.34. The summed E-state index contributed by atoms with van der Waals surface area (Å²) >= 11 is 3.26. The van der Waals surface area contributed by atoms with Gasteiger partial charge in [-0.3, -0.25) is 0 Å². The fourth-order valence-electron chi connectivity index (χ4n) is 1.17. The zero-order chi connectivity index (χ0) is 10.1. The molecular formula is C10H14BrNO. The molecule has 0 fully saturated rings. The number of hydrogen-bond donors (Lipinski definition) is 2. The Labute approximate surface area is 86.9 Å². The van der Waals surface area contributed by atoms with Crippen molar-refractivity contribution in [1.82, 2.24) is 0 Å². The van der Waals surface area contributed by atoms with Crippen LogP contribution in [-0.2, 0) is 5.54 Å². The maximum Gasteiger partial charge on any atom is 0.134 e. The van der Waals surface area contributed by atoms with Crippen molar-refractivity contribution in [2.45, 2.75) is 25.8 Å². The molecule has 0 saturated carbocycles. The SMILES string of the molecule is CCC(C)(N)c1cccc(Br)c1O. The quantitative estimate of drug-likeness (QED) is 0.840. The molecule has 0 bridgehead atoms. The number of nitrogens with two attached hydrogens (primary N) is 1. The van der Waals surface area contributed by atoms with Gasteiger partial charge >= 0.3 is 0 Å². The van der Waals surface area contributed by atoms with Crippen molar-refractivity contribution in [3.63, 3.8) is 0 Å². The molecule has 1 rings (SSSR count). The van der Waals surface area contributed by atoms with Gasteiger partial charge in [-0.25, -0.2) is 0 Å². The third-order valence-electron chi connectivity index (χ3n) is 2.34. The Bertz CT molecular complexity index is 310. The van der Waals surface area contributed by atoms with Crippen LogP contribution < -0.4 is 5.73 Å². The van der Waals surface area contributed by atoms with E-state index in [1.54, 1.807) is 6.07 Å². The van der Waals surface area contributed by atoms with Gasteiger partial charge in [-0.15, -0.1) is 0 Å². The van der Waals surface area contributed by atoms with Gasteiger partial charge in [0.1, 0.15) is 5.75 Å². The highest BCUT2D eigenvalue weighted by Crippen LogP contribution is 2.34. The molecule has 3 heteroatoms. The number of benzene rings is 1. The van der Waals surface area contributed by atoms with Crippen LogP contribution in [0.1, 0.15) is 25.8 Å². The number of phenolic OH excluding ortho intramolecular Hbond substituents is 1. The Morgan fingerprint density at radius 1 is 1.54 bits per heavy atom. The van der Waals surface area contributed by atoms with Crippen molar-refractivity contribution in [2.24, 2.45) is 5.73 Å². The average molecular weight is 244 g/mol. The molecule has 0 spiro atoms. The third kappa shape index (κ3) is 2.03. The Kier molecular flexibility index (Phi) is 2.98. The van der Waals surface area contributed by atoms with Gasteiger partial charge in [0.15, 0.2) is 0 Å². The van der Waals surface area contributed by atoms with E-state index in [0.717, 1.165) is 12.0 Å². The predicted octanol–water partition coefficient (Wildman–Crippen LogP) is 2.74. The minimum absolute atomic E-state index is 0.245. The zero-order valence-corrected chi connectivity index (χ0v) is 9.43. The monoisotopic (exact) mass is 243 g/mol. The molecule has 1 atom stereocenters. The Hall–Kier alpha value is -0.540. The second kappa shape index (κ2) is 3.68. The number of hydrogen-bond acceptors (Lipinski definition) is 2. The highest BCUT2D eigenvalue weighted by Gasteiger charge is 2.22. The van der Waals surface area contributed by atoms with Crippen LogP contribution in [0.2, 0.25) is 0 Å². The normalized spacial score (nSPS) is 15.4. The maximum absolute atomic E-state index is 9.74. The van der Waals surface area contributed by atoms with E-state index in [9.17, 15) is 5.11 Å². The summed E-state index contributed by atoms with van der Waals surface area (Å²) in [7, 11) is 0. The van der Waals surface area contributed by atoms with Crippen molar-refractivity contribution in [3.05, 3.63) is 28.2 Å². The van der Waals surface area contributed by atoms with Crippen LogP contribution >= 0.6 is 15.9 Å². The summed E-state index contributed by atoms with van der Waals surface area (Å²) in [5, 5.41) is 9.74. The van der Waals surface area contributed by atoms with E-state index in [2.05, 4.69) is 15.9 Å². The lowest BCUT2D eigenvalue weighted by Gasteiger charge is -2.24. The topological polar surface area (TPSA) is 46.2 Å². The molecule has 0 amide bonds. The van der Waals surface area contributed by atoms with E-state index in [1.807, 2.05) is 26.0 Å². The van der Waals surface area contributed by atoms with E-state index < -0.39 is 5.54 Å². The predicted molar refractivity (Wildman–Crippen MR) is 57.6 cm³/mol. The van der Waals surface area contributed by atoms with Crippen LogP contribution in [0.3, 0.4) is 0 Å². The number of halogens is 1. The van der Waals surface area contributed by atoms with Gasteiger partial charge in [0.25, 0.3) is 0 Å². The van der Waals surface area contributed by atoms with E-state index in [0.29, 0.717) is 4.47 Å². The molecule has 0 heterocycles. The van der Waals surface area contributed by atoms with Gasteiger partial charge in [0, 0.05) is 11.1 Å². The number of phenols is 1. The lowest BCUT2D eigenvalue weighted by molar-refractivity contribution is 0.414. The second-order valence-corrected chi connectivity index (χ2v) is 4.26. The van der Waals surface area contributed by atoms with Gasteiger partial charge in [-0.2, -0.15) is 0 Å². The molecule has 0 aromatic heterocycles. The fraction of sp³-hybridized carbons (Fsp3) is 0.400. The zero-order valence-electron chi connectivity index (χ0n) is 7.84. The molecule has 0 radical (unpaired) electrons. The largest absolute Gasteiger partial charge is 0.506 e. The molecule has 0 saturated heterocycles. The van der Waals surface area contributed by atoms with E-state index in [1.165, 1.54) is 0 Å². The van der Waals surface area contributed by atoms with Crippen LogP contribution in [0.25, 0.3) is 0 Å². The molecule has 0 aliphatic rings. The highest BCUT2D eigenvalue weighted by molar-refractivity contribution is 9.10. The third-order valence-corrected chi connectivity index (χ3v) is 2.98. The summed E-state index contributed by atoms with van der Waals surface area (Å²) < 4.78 is 0.690. The summed E-state index contributed by atoms with van der Waals surface area (Å²) in [6.07, 6.45) is 0.789. The van der Waals surface area contributed by atoms with Crippen molar-refractivity contribution in [3.8, 4) is 5.75 Å². The van der Waals surface area contributed by atoms with Crippen molar-refractivity contribution < 1.29 is 5.11 Å². The summed E-state index contributed by atoms with van der Waals surface area (Å²) in [4.78, 5) is 0. The summed E-state index contributed by atoms with van der Waals surface area (Å²) in [6.45, 7) is 3.91. The van der Waals surface area contributed by atoms with Crippen LogP contribution in [0.5, 0.6) is 5.75 Å². The lowest BCUT2D eigenvalue weighted by Crippen LogP contribution is -2.31. The van der Waals surface area contributed by atoms with Gasteiger partial charge in [-0.1, -0.05) is 19.1 Å². The van der Waals surface area contributed by atoms with Gasteiger partial charge < -0.3 is 10.8 Å². The van der Waals surface area contributed by atoms with Crippen molar-refractivity contribution in [1.29, 1.82) is 0 Å². The Balaban J connectivity index is 3.22. The van der Waals surface area contributed by atoms with Crippen LogP contribution in [0.15, 0.2) is 22.7 Å². The minimum Gasteiger partial charge on any atom is -0.506 e. The minimum atomic E-state index is -0.464. The molecule has 1 aromatic rings. The molecule has 1 unspecified atom stereocenters. The van der Waals surface area contributed by atoms with Crippen LogP contribution in [0.4, 0.5) is 0 Å². The second-order valence-electron chi connectivity index (χ2n) is 3.41. The van der Waals surface area contributed by atoms with Crippen LogP contribution in [-0.4, -0.2) is 5.11 Å². The smallest absolute Gasteiger partial charge is 0.134 e. The standard InChI is InChI=1S/C10H14BrNO/c1-3-10(2,12)7-5-4-6-8(11)9(7)13/h4-6,13H,3,12H2,1-2H3. The molecular weight excluding hydrogens is 230 g/mol. The number of rotatable bonds is 2. The maximum atomic E-state index is 9.74. The van der Waals surface area contributed by atoms with Crippen molar-refractivity contribution >= 4 is 15.9 Å². The Morgan fingerprint density at radius 2 is 2.15 bits per heavy atom. The van der Waals surface area contributed by atoms with Gasteiger partial charge in [-0.05, 0) is 35.3 Å².